The quantitative estimate of drug-likeness (QED) is 0.266. The molecule has 1 saturated carbocycles. The van der Waals surface area contributed by atoms with Crippen molar-refractivity contribution in [2.75, 3.05) is 10.6 Å². The Morgan fingerprint density at radius 1 is 1.27 bits per heavy atom. The maximum absolute atomic E-state index is 11.9. The van der Waals surface area contributed by atoms with Crippen LogP contribution in [0.4, 0.5) is 11.6 Å². The summed E-state index contributed by atoms with van der Waals surface area (Å²) in [6, 6.07) is 10.7. The molecule has 30 heavy (non-hydrogen) atoms. The molecule has 1 saturated heterocycles. The largest absolute Gasteiger partial charge is 0.367 e. The number of benzene rings is 1. The second-order valence-corrected chi connectivity index (χ2v) is 8.73. The summed E-state index contributed by atoms with van der Waals surface area (Å²) in [5, 5.41) is 13.7. The van der Waals surface area contributed by atoms with Crippen molar-refractivity contribution in [2.45, 2.75) is 31.8 Å². The van der Waals surface area contributed by atoms with Crippen LogP contribution >= 0.6 is 22.6 Å². The highest BCUT2D eigenvalue weighted by molar-refractivity contribution is 14.1. The Morgan fingerprint density at radius 3 is 2.87 bits per heavy atom. The molecule has 3 N–H and O–H groups in total. The van der Waals surface area contributed by atoms with E-state index in [1.165, 1.54) is 3.57 Å². The molecule has 0 atom stereocenters. The van der Waals surface area contributed by atoms with Crippen molar-refractivity contribution in [2.24, 2.45) is 0 Å². The second-order valence-electron chi connectivity index (χ2n) is 7.49. The number of hydrogen-bond acceptors (Lipinski definition) is 6. The zero-order valence-electron chi connectivity index (χ0n) is 16.0. The maximum Gasteiger partial charge on any atom is 0.254 e. The van der Waals surface area contributed by atoms with E-state index in [1.54, 1.807) is 16.8 Å². The van der Waals surface area contributed by atoms with E-state index < -0.39 is 0 Å². The molecular weight excluding hydrogens is 495 g/mol. The minimum Gasteiger partial charge on any atom is -0.367 e. The molecule has 8 nitrogen and oxygen atoms in total. The fourth-order valence-corrected chi connectivity index (χ4v) is 3.97. The molecule has 2 aliphatic rings. The Kier molecular flexibility index (Phi) is 4.89. The highest BCUT2D eigenvalue weighted by Crippen LogP contribution is 2.28. The number of carbonyl (C=O) groups excluding carboxylic acids is 2. The first-order chi connectivity index (χ1) is 14.5. The second kappa shape index (κ2) is 7.71. The number of anilines is 2. The van der Waals surface area contributed by atoms with E-state index in [0.717, 1.165) is 30.0 Å². The van der Waals surface area contributed by atoms with Gasteiger partial charge in [0.1, 0.15) is 11.6 Å². The molecule has 1 aliphatic carbocycles. The predicted molar refractivity (Wildman–Crippen MR) is 122 cm³/mol. The number of imide groups is 1. The van der Waals surface area contributed by atoms with Gasteiger partial charge in [-0.2, -0.15) is 9.61 Å². The standard InChI is InChI=1S/C21H19IN6O2/c22-15-3-1-2-12(6-15)10-23-17-9-18(25-16-4-5-16)28-20(26-17)14(11-24-28)7-13-8-19(29)27-21(13)30/h1-3,6-7,9,11,16,25H,4-5,8,10H2,(H,23,26)(H,27,29,30)/b13-7+. The fraction of sp³-hybridized carbons (Fsp3) is 0.238. The van der Waals surface area contributed by atoms with Gasteiger partial charge in [0.05, 0.1) is 12.6 Å². The molecule has 3 heterocycles. The summed E-state index contributed by atoms with van der Waals surface area (Å²) in [7, 11) is 0. The van der Waals surface area contributed by atoms with Crippen LogP contribution < -0.4 is 16.0 Å². The Balaban J connectivity index is 1.50. The molecule has 2 aromatic heterocycles. The van der Waals surface area contributed by atoms with Gasteiger partial charge in [0.15, 0.2) is 5.65 Å². The molecule has 1 aliphatic heterocycles. The highest BCUT2D eigenvalue weighted by atomic mass is 127. The van der Waals surface area contributed by atoms with Crippen molar-refractivity contribution >= 4 is 57.8 Å². The summed E-state index contributed by atoms with van der Waals surface area (Å²) in [5.41, 5.74) is 2.92. The molecule has 1 aromatic carbocycles. The molecule has 0 bridgehead atoms. The lowest BCUT2D eigenvalue weighted by Crippen LogP contribution is -2.19. The van der Waals surface area contributed by atoms with Crippen LogP contribution in [0.3, 0.4) is 0 Å². The summed E-state index contributed by atoms with van der Waals surface area (Å²) < 4.78 is 2.93. The fourth-order valence-electron chi connectivity index (χ4n) is 3.36. The third kappa shape index (κ3) is 4.02. The van der Waals surface area contributed by atoms with E-state index in [0.29, 0.717) is 29.4 Å². The van der Waals surface area contributed by atoms with Crippen molar-refractivity contribution in [3.8, 4) is 0 Å². The van der Waals surface area contributed by atoms with E-state index in [-0.39, 0.29) is 18.2 Å². The van der Waals surface area contributed by atoms with Gasteiger partial charge in [-0.05, 0) is 59.2 Å². The van der Waals surface area contributed by atoms with Crippen molar-refractivity contribution in [3.05, 3.63) is 56.8 Å². The Morgan fingerprint density at radius 2 is 2.13 bits per heavy atom. The van der Waals surface area contributed by atoms with Gasteiger partial charge in [0, 0.05) is 33.4 Å². The Bertz CT molecular complexity index is 1200. The summed E-state index contributed by atoms with van der Waals surface area (Å²) >= 11 is 2.30. The molecule has 2 amide bonds. The molecule has 9 heteroatoms. The average Bonchev–Trinajstić information content (AvgIpc) is 3.35. The van der Waals surface area contributed by atoms with Gasteiger partial charge in [-0.1, -0.05) is 12.1 Å². The first-order valence-corrected chi connectivity index (χ1v) is 10.8. The van der Waals surface area contributed by atoms with Crippen LogP contribution in [0.1, 0.15) is 30.4 Å². The minimum absolute atomic E-state index is 0.0773. The van der Waals surface area contributed by atoms with Crippen LogP contribution in [0.2, 0.25) is 0 Å². The van der Waals surface area contributed by atoms with Crippen LogP contribution in [0.25, 0.3) is 11.7 Å². The van der Waals surface area contributed by atoms with Gasteiger partial charge in [-0.25, -0.2) is 4.98 Å². The van der Waals surface area contributed by atoms with E-state index in [4.69, 9.17) is 4.98 Å². The molecule has 3 aromatic rings. The number of nitrogens with zero attached hydrogens (tertiary/aromatic N) is 3. The number of amides is 2. The molecule has 0 unspecified atom stereocenters. The zero-order chi connectivity index (χ0) is 20.7. The zero-order valence-corrected chi connectivity index (χ0v) is 18.1. The molecular formula is C21H19IN6O2. The SMILES string of the molecule is O=C1C/C(=C\c2cnn3c(NC4CC4)cc(NCc4cccc(I)c4)nc23)C(=O)N1. The van der Waals surface area contributed by atoms with Crippen molar-refractivity contribution in [3.63, 3.8) is 0 Å². The monoisotopic (exact) mass is 514 g/mol. The lowest BCUT2D eigenvalue weighted by Gasteiger charge is -2.12. The maximum atomic E-state index is 11.9. The summed E-state index contributed by atoms with van der Waals surface area (Å²) in [5.74, 6) is 0.927. The number of hydrogen-bond donors (Lipinski definition) is 3. The van der Waals surface area contributed by atoms with Crippen molar-refractivity contribution in [1.29, 1.82) is 0 Å². The third-order valence-corrected chi connectivity index (χ3v) is 5.69. The smallest absolute Gasteiger partial charge is 0.254 e. The number of aromatic nitrogens is 3. The van der Waals surface area contributed by atoms with Crippen molar-refractivity contribution in [1.82, 2.24) is 19.9 Å². The van der Waals surface area contributed by atoms with Crippen LogP contribution in [0, 0.1) is 3.57 Å². The van der Waals surface area contributed by atoms with Crippen LogP contribution in [0.5, 0.6) is 0 Å². The van der Waals surface area contributed by atoms with Gasteiger partial charge in [-0.15, -0.1) is 0 Å². The third-order valence-electron chi connectivity index (χ3n) is 5.02. The van der Waals surface area contributed by atoms with E-state index in [9.17, 15) is 9.59 Å². The first-order valence-electron chi connectivity index (χ1n) is 9.73. The lowest BCUT2D eigenvalue weighted by atomic mass is 10.1. The van der Waals surface area contributed by atoms with E-state index in [2.05, 4.69) is 61.8 Å². The van der Waals surface area contributed by atoms with E-state index in [1.807, 2.05) is 12.1 Å². The summed E-state index contributed by atoms with van der Waals surface area (Å²) in [6.07, 6.45) is 5.71. The topological polar surface area (TPSA) is 100 Å². The van der Waals surface area contributed by atoms with Crippen LogP contribution in [0.15, 0.2) is 42.1 Å². The van der Waals surface area contributed by atoms with Gasteiger partial charge in [0.25, 0.3) is 5.91 Å². The minimum atomic E-state index is -0.358. The van der Waals surface area contributed by atoms with Gasteiger partial charge < -0.3 is 10.6 Å². The Labute approximate surface area is 186 Å². The number of halogens is 1. The van der Waals surface area contributed by atoms with Crippen molar-refractivity contribution < 1.29 is 9.59 Å². The molecule has 0 radical (unpaired) electrons. The number of rotatable bonds is 6. The van der Waals surface area contributed by atoms with E-state index >= 15 is 0 Å². The summed E-state index contributed by atoms with van der Waals surface area (Å²) in [6.45, 7) is 0.643. The van der Waals surface area contributed by atoms with Gasteiger partial charge in [-0.3, -0.25) is 14.9 Å². The predicted octanol–water partition coefficient (Wildman–Crippen LogP) is 2.95. The number of fused-ring (bicyclic) bond motifs is 1. The molecule has 0 spiro atoms. The highest BCUT2D eigenvalue weighted by Gasteiger charge is 2.25. The van der Waals surface area contributed by atoms with Gasteiger partial charge in [0.2, 0.25) is 5.91 Å². The lowest BCUT2D eigenvalue weighted by molar-refractivity contribution is -0.124. The average molecular weight is 514 g/mol. The molecule has 152 valence electrons. The Hall–Kier alpha value is -2.95. The van der Waals surface area contributed by atoms with Gasteiger partial charge >= 0.3 is 0 Å². The normalized spacial score (nSPS) is 17.6. The molecule has 2 fully saturated rings. The number of nitrogens with one attached hydrogen (secondary N) is 3. The summed E-state index contributed by atoms with van der Waals surface area (Å²) in [4.78, 5) is 28.2. The number of carbonyl (C=O) groups is 2. The van der Waals surface area contributed by atoms with Crippen LogP contribution in [-0.4, -0.2) is 32.5 Å². The van der Waals surface area contributed by atoms with Crippen LogP contribution in [-0.2, 0) is 16.1 Å². The molecule has 5 rings (SSSR count). The first kappa shape index (κ1) is 19.0.